The monoisotopic (exact) mass is 369 g/mol. The van der Waals surface area contributed by atoms with Gasteiger partial charge in [0.15, 0.2) is 0 Å². The van der Waals surface area contributed by atoms with Gasteiger partial charge in [0, 0.05) is 6.07 Å². The second kappa shape index (κ2) is 6.52. The number of tetrazole rings is 1. The summed E-state index contributed by atoms with van der Waals surface area (Å²) in [5, 5.41) is 17.1. The molecule has 10 heteroatoms. The molecule has 0 spiro atoms. The minimum Gasteiger partial charge on any atom is -0.489 e. The predicted molar refractivity (Wildman–Crippen MR) is 74.8 cm³/mol. The molecule has 2 aromatic heterocycles. The van der Waals surface area contributed by atoms with Gasteiger partial charge in [-0.2, -0.15) is 5.21 Å². The van der Waals surface area contributed by atoms with E-state index in [0.717, 1.165) is 0 Å². The number of hydrogen-bond donors (Lipinski definition) is 1. The van der Waals surface area contributed by atoms with E-state index in [2.05, 4.69) is 41.7 Å². The molecular formula is C12H9BrFN5O3. The van der Waals surface area contributed by atoms with Gasteiger partial charge in [0.05, 0.1) is 4.47 Å². The Hall–Kier alpha value is -2.49. The molecule has 2 heterocycles. The van der Waals surface area contributed by atoms with Gasteiger partial charge in [-0.15, -0.1) is 10.2 Å². The average Bonchev–Trinajstić information content (AvgIpc) is 3.17. The average molecular weight is 370 g/mol. The lowest BCUT2D eigenvalue weighted by molar-refractivity contribution is 0.203. The summed E-state index contributed by atoms with van der Waals surface area (Å²) in [6, 6.07) is 4.18. The fourth-order valence-corrected chi connectivity index (χ4v) is 1.99. The molecule has 114 valence electrons. The summed E-state index contributed by atoms with van der Waals surface area (Å²) < 4.78 is 29.5. The molecule has 1 aromatic carbocycles. The second-order valence-electron chi connectivity index (χ2n) is 4.04. The molecule has 0 unspecified atom stereocenters. The number of nitrogens with zero attached hydrogens (tertiary/aromatic N) is 4. The highest BCUT2D eigenvalue weighted by Crippen LogP contribution is 2.26. The van der Waals surface area contributed by atoms with Crippen molar-refractivity contribution >= 4 is 15.9 Å². The lowest BCUT2D eigenvalue weighted by Gasteiger charge is -2.08. The molecule has 0 saturated heterocycles. The van der Waals surface area contributed by atoms with Crippen LogP contribution in [0.1, 0.15) is 0 Å². The molecule has 3 rings (SSSR count). The zero-order chi connectivity index (χ0) is 15.4. The van der Waals surface area contributed by atoms with Gasteiger partial charge in [0.1, 0.15) is 36.6 Å². The van der Waals surface area contributed by atoms with E-state index < -0.39 is 0 Å². The first-order valence-electron chi connectivity index (χ1n) is 6.13. The normalized spacial score (nSPS) is 10.6. The van der Waals surface area contributed by atoms with Crippen molar-refractivity contribution < 1.29 is 18.4 Å². The topological polar surface area (TPSA) is 99.0 Å². The van der Waals surface area contributed by atoms with Gasteiger partial charge in [-0.25, -0.2) is 4.39 Å². The Morgan fingerprint density at radius 1 is 1.27 bits per heavy atom. The van der Waals surface area contributed by atoms with Crippen LogP contribution in [0, 0.1) is 5.82 Å². The van der Waals surface area contributed by atoms with Crippen LogP contribution in [0.4, 0.5) is 4.39 Å². The van der Waals surface area contributed by atoms with E-state index in [1.165, 1.54) is 18.4 Å². The van der Waals surface area contributed by atoms with Crippen LogP contribution in [0.2, 0.25) is 0 Å². The first-order valence-corrected chi connectivity index (χ1v) is 6.92. The van der Waals surface area contributed by atoms with Crippen molar-refractivity contribution in [3.05, 3.63) is 34.8 Å². The van der Waals surface area contributed by atoms with Crippen molar-refractivity contribution in [2.45, 2.75) is 0 Å². The number of benzene rings is 1. The maximum atomic E-state index is 13.1. The van der Waals surface area contributed by atoms with Crippen LogP contribution in [0.5, 0.6) is 11.6 Å². The van der Waals surface area contributed by atoms with Crippen LogP contribution >= 0.6 is 15.9 Å². The van der Waals surface area contributed by atoms with Crippen LogP contribution in [0.15, 0.2) is 33.5 Å². The summed E-state index contributed by atoms with van der Waals surface area (Å²) in [5.41, 5.74) is 0.473. The molecular weight excluding hydrogens is 361 g/mol. The number of hydrogen-bond acceptors (Lipinski definition) is 7. The largest absolute Gasteiger partial charge is 0.489 e. The van der Waals surface area contributed by atoms with E-state index in [1.54, 1.807) is 6.07 Å². The van der Waals surface area contributed by atoms with E-state index in [4.69, 9.17) is 14.0 Å². The van der Waals surface area contributed by atoms with Gasteiger partial charge in [0.25, 0.3) is 5.88 Å². The number of nitrogens with one attached hydrogen (secondary N) is 1. The van der Waals surface area contributed by atoms with E-state index in [1.807, 2.05) is 0 Å². The molecule has 0 aliphatic rings. The molecule has 1 N–H and O–H groups in total. The van der Waals surface area contributed by atoms with E-state index in [0.29, 0.717) is 21.6 Å². The van der Waals surface area contributed by atoms with Gasteiger partial charge in [-0.3, -0.25) is 0 Å². The zero-order valence-corrected chi connectivity index (χ0v) is 12.6. The van der Waals surface area contributed by atoms with Crippen molar-refractivity contribution in [2.24, 2.45) is 0 Å². The molecule has 8 nitrogen and oxygen atoms in total. The number of H-pyrrole nitrogens is 1. The summed E-state index contributed by atoms with van der Waals surface area (Å²) >= 11 is 3.27. The molecule has 0 bridgehead atoms. The van der Waals surface area contributed by atoms with Gasteiger partial charge in [0.2, 0.25) is 5.82 Å². The number of aromatic amines is 1. The smallest absolute Gasteiger partial charge is 0.265 e. The maximum Gasteiger partial charge on any atom is 0.265 e. The Kier molecular flexibility index (Phi) is 4.28. The van der Waals surface area contributed by atoms with Crippen LogP contribution in [-0.4, -0.2) is 39.0 Å². The molecule has 0 fully saturated rings. The zero-order valence-electron chi connectivity index (χ0n) is 11.0. The first-order chi connectivity index (χ1) is 10.7. The lowest BCUT2D eigenvalue weighted by Crippen LogP contribution is -2.10. The molecule has 3 aromatic rings. The van der Waals surface area contributed by atoms with Crippen molar-refractivity contribution in [2.75, 3.05) is 13.2 Å². The van der Waals surface area contributed by atoms with Gasteiger partial charge < -0.3 is 14.0 Å². The molecule has 0 atom stereocenters. The molecule has 22 heavy (non-hydrogen) atoms. The summed E-state index contributed by atoms with van der Waals surface area (Å²) in [7, 11) is 0. The Labute approximate surface area is 131 Å². The van der Waals surface area contributed by atoms with Gasteiger partial charge >= 0.3 is 0 Å². The highest BCUT2D eigenvalue weighted by Gasteiger charge is 2.15. The minimum absolute atomic E-state index is 0.181. The highest BCUT2D eigenvalue weighted by atomic mass is 79.9. The molecule has 0 saturated carbocycles. The molecule has 0 amide bonds. The maximum absolute atomic E-state index is 13.1. The fraction of sp³-hybridized carbons (Fsp3) is 0.167. The third-order valence-corrected chi connectivity index (χ3v) is 3.25. The van der Waals surface area contributed by atoms with E-state index in [-0.39, 0.29) is 24.9 Å². The number of halogens is 2. The van der Waals surface area contributed by atoms with Crippen molar-refractivity contribution in [1.29, 1.82) is 0 Å². The number of rotatable bonds is 6. The first kappa shape index (κ1) is 14.4. The second-order valence-corrected chi connectivity index (χ2v) is 4.89. The van der Waals surface area contributed by atoms with Crippen LogP contribution < -0.4 is 9.47 Å². The Morgan fingerprint density at radius 3 is 2.95 bits per heavy atom. The Morgan fingerprint density at radius 2 is 2.14 bits per heavy atom. The quantitative estimate of drug-likeness (QED) is 0.664. The van der Waals surface area contributed by atoms with Gasteiger partial charge in [-0.1, -0.05) is 0 Å². The predicted octanol–water partition coefficient (Wildman–Crippen LogP) is 2.21. The SMILES string of the molecule is Fc1ccc(Br)c(OCCOc2nocc2-c2nn[nH]n2)c1. The summed E-state index contributed by atoms with van der Waals surface area (Å²) in [6.07, 6.45) is 1.35. The van der Waals surface area contributed by atoms with Crippen LogP contribution in [0.3, 0.4) is 0 Å². The summed E-state index contributed by atoms with van der Waals surface area (Å²) in [6.45, 7) is 0.376. The Bertz CT molecular complexity index is 749. The molecule has 0 radical (unpaired) electrons. The molecule has 0 aliphatic heterocycles. The van der Waals surface area contributed by atoms with Gasteiger partial charge in [-0.05, 0) is 38.4 Å². The van der Waals surface area contributed by atoms with Crippen molar-refractivity contribution in [3.63, 3.8) is 0 Å². The fourth-order valence-electron chi connectivity index (χ4n) is 1.63. The van der Waals surface area contributed by atoms with Crippen molar-refractivity contribution in [3.8, 4) is 23.0 Å². The lowest BCUT2D eigenvalue weighted by atomic mass is 10.3. The number of aromatic nitrogens is 5. The van der Waals surface area contributed by atoms with E-state index >= 15 is 0 Å². The summed E-state index contributed by atoms with van der Waals surface area (Å²) in [5.74, 6) is 0.547. The third-order valence-electron chi connectivity index (χ3n) is 2.60. The van der Waals surface area contributed by atoms with Crippen molar-refractivity contribution in [1.82, 2.24) is 25.8 Å². The van der Waals surface area contributed by atoms with Crippen LogP contribution in [0.25, 0.3) is 11.4 Å². The Balaban J connectivity index is 1.56. The standard InChI is InChI=1S/C12H9BrFN5O3/c13-9-2-1-7(14)5-10(9)20-3-4-21-12-8(6-22-17-12)11-15-18-19-16-11/h1-2,5-6H,3-4H2,(H,15,16,18,19). The summed E-state index contributed by atoms with van der Waals surface area (Å²) in [4.78, 5) is 0. The highest BCUT2D eigenvalue weighted by molar-refractivity contribution is 9.10. The number of ether oxygens (including phenoxy) is 2. The minimum atomic E-state index is -0.380. The van der Waals surface area contributed by atoms with E-state index in [9.17, 15) is 4.39 Å². The molecule has 0 aliphatic carbocycles. The third kappa shape index (κ3) is 3.22. The van der Waals surface area contributed by atoms with Crippen LogP contribution in [-0.2, 0) is 0 Å².